The Kier molecular flexibility index (Phi) is 4.69. The third-order valence-corrected chi connectivity index (χ3v) is 1.98. The van der Waals surface area contributed by atoms with Gasteiger partial charge in [0, 0.05) is 19.8 Å². The molecule has 0 aliphatic carbocycles. The molecule has 0 saturated heterocycles. The summed E-state index contributed by atoms with van der Waals surface area (Å²) in [6.45, 7) is 7.34. The zero-order valence-electron chi connectivity index (χ0n) is 8.18. The van der Waals surface area contributed by atoms with Crippen LogP contribution in [-0.4, -0.2) is 19.8 Å². The second kappa shape index (κ2) is 4.73. The topological polar surface area (TPSA) is 35.2 Å². The first-order chi connectivity index (χ1) is 4.98. The minimum atomic E-state index is 0.230. The molecule has 0 saturated carbocycles. The largest absolute Gasteiger partial charge is 0.385 e. The van der Waals surface area contributed by atoms with Crippen LogP contribution in [-0.2, 0) is 4.74 Å². The number of hydrogen-bond acceptors (Lipinski definition) is 2. The molecule has 1 unspecified atom stereocenters. The molecule has 0 aromatic heterocycles. The lowest BCUT2D eigenvalue weighted by molar-refractivity contribution is 0.181. The molecule has 0 bridgehead atoms. The van der Waals surface area contributed by atoms with Crippen LogP contribution in [0.4, 0.5) is 0 Å². The van der Waals surface area contributed by atoms with Crippen molar-refractivity contribution in [1.29, 1.82) is 0 Å². The lowest BCUT2D eigenvalue weighted by Crippen LogP contribution is -2.35. The Bertz CT molecular complexity index is 96.2. The van der Waals surface area contributed by atoms with Crippen LogP contribution in [0, 0.1) is 5.41 Å². The van der Waals surface area contributed by atoms with Gasteiger partial charge in [-0.15, -0.1) is 0 Å². The summed E-state index contributed by atoms with van der Waals surface area (Å²) in [5.41, 5.74) is 6.17. The van der Waals surface area contributed by atoms with Gasteiger partial charge in [-0.3, -0.25) is 0 Å². The molecular weight excluding hydrogens is 138 g/mol. The van der Waals surface area contributed by atoms with Crippen LogP contribution in [0.5, 0.6) is 0 Å². The van der Waals surface area contributed by atoms with Crippen molar-refractivity contribution in [1.82, 2.24) is 0 Å². The fourth-order valence-electron chi connectivity index (χ4n) is 0.881. The van der Waals surface area contributed by atoms with Crippen molar-refractivity contribution in [2.45, 2.75) is 39.7 Å². The monoisotopic (exact) mass is 159 g/mol. The smallest absolute Gasteiger partial charge is 0.0462 e. The van der Waals surface area contributed by atoms with Gasteiger partial charge in [-0.1, -0.05) is 20.8 Å². The summed E-state index contributed by atoms with van der Waals surface area (Å²) >= 11 is 0. The first-order valence-electron chi connectivity index (χ1n) is 4.23. The highest BCUT2D eigenvalue weighted by Crippen LogP contribution is 2.20. The molecule has 0 radical (unpaired) electrons. The highest BCUT2D eigenvalue weighted by molar-refractivity contribution is 4.76. The Balaban J connectivity index is 3.44. The third-order valence-electron chi connectivity index (χ3n) is 1.98. The quantitative estimate of drug-likeness (QED) is 0.635. The van der Waals surface area contributed by atoms with E-state index in [4.69, 9.17) is 10.5 Å². The molecule has 11 heavy (non-hydrogen) atoms. The normalized spacial score (nSPS) is 15.0. The fraction of sp³-hybridized carbons (Fsp3) is 1.00. The van der Waals surface area contributed by atoms with E-state index in [9.17, 15) is 0 Å². The van der Waals surface area contributed by atoms with Gasteiger partial charge in [-0.2, -0.15) is 0 Å². The zero-order chi connectivity index (χ0) is 8.91. The first kappa shape index (κ1) is 10.9. The highest BCUT2D eigenvalue weighted by Gasteiger charge is 2.19. The van der Waals surface area contributed by atoms with Gasteiger partial charge in [0.05, 0.1) is 0 Å². The van der Waals surface area contributed by atoms with Gasteiger partial charge in [0.15, 0.2) is 0 Å². The van der Waals surface area contributed by atoms with Crippen molar-refractivity contribution in [3.05, 3.63) is 0 Å². The molecule has 0 aromatic carbocycles. The van der Waals surface area contributed by atoms with Gasteiger partial charge < -0.3 is 10.5 Å². The van der Waals surface area contributed by atoms with Gasteiger partial charge in [0.1, 0.15) is 0 Å². The Hall–Kier alpha value is -0.0800. The van der Waals surface area contributed by atoms with E-state index >= 15 is 0 Å². The molecule has 0 aliphatic heterocycles. The van der Waals surface area contributed by atoms with Gasteiger partial charge in [0.25, 0.3) is 0 Å². The lowest BCUT2D eigenvalue weighted by atomic mass is 9.85. The predicted octanol–water partition coefficient (Wildman–Crippen LogP) is 1.79. The standard InChI is InChI=1S/C9H21NO/c1-9(2,3)8(10)6-5-7-11-4/h8H,5-7,10H2,1-4H3. The maximum absolute atomic E-state index is 5.94. The highest BCUT2D eigenvalue weighted by atomic mass is 16.5. The van der Waals surface area contributed by atoms with Crippen molar-refractivity contribution in [2.24, 2.45) is 11.1 Å². The average molecular weight is 159 g/mol. The summed E-state index contributed by atoms with van der Waals surface area (Å²) in [6.07, 6.45) is 2.12. The molecule has 0 rings (SSSR count). The molecule has 0 spiro atoms. The Morgan fingerprint density at radius 1 is 1.36 bits per heavy atom. The van der Waals surface area contributed by atoms with E-state index in [0.717, 1.165) is 19.4 Å². The molecule has 0 heterocycles. The molecule has 1 atom stereocenters. The van der Waals surface area contributed by atoms with E-state index in [0.29, 0.717) is 0 Å². The molecular formula is C9H21NO. The zero-order valence-corrected chi connectivity index (χ0v) is 8.18. The SMILES string of the molecule is COCCCC(N)C(C)(C)C. The number of ether oxygens (including phenoxy) is 1. The van der Waals surface area contributed by atoms with E-state index < -0.39 is 0 Å². The number of nitrogens with two attached hydrogens (primary N) is 1. The van der Waals surface area contributed by atoms with E-state index in [1.165, 1.54) is 0 Å². The molecule has 2 nitrogen and oxygen atoms in total. The molecule has 2 heteroatoms. The molecule has 0 amide bonds. The second-order valence-electron chi connectivity index (χ2n) is 4.11. The van der Waals surface area contributed by atoms with Crippen LogP contribution in [0.25, 0.3) is 0 Å². The number of methoxy groups -OCH3 is 1. The van der Waals surface area contributed by atoms with Crippen molar-refractivity contribution in [3.63, 3.8) is 0 Å². The van der Waals surface area contributed by atoms with Gasteiger partial charge >= 0.3 is 0 Å². The maximum atomic E-state index is 5.94. The molecule has 0 fully saturated rings. The molecule has 0 aliphatic rings. The molecule has 2 N–H and O–H groups in total. The summed E-state index contributed by atoms with van der Waals surface area (Å²) in [4.78, 5) is 0. The Morgan fingerprint density at radius 2 is 1.91 bits per heavy atom. The number of rotatable bonds is 4. The molecule has 68 valence electrons. The van der Waals surface area contributed by atoms with Crippen LogP contribution in [0.1, 0.15) is 33.6 Å². The lowest BCUT2D eigenvalue weighted by Gasteiger charge is -2.26. The van der Waals surface area contributed by atoms with E-state index in [1.807, 2.05) is 0 Å². The predicted molar refractivity (Wildman–Crippen MR) is 48.5 cm³/mol. The summed E-state index contributed by atoms with van der Waals surface area (Å²) < 4.78 is 4.95. The van der Waals surface area contributed by atoms with Crippen molar-refractivity contribution in [2.75, 3.05) is 13.7 Å². The minimum absolute atomic E-state index is 0.230. The molecule has 0 aromatic rings. The van der Waals surface area contributed by atoms with Crippen molar-refractivity contribution in [3.8, 4) is 0 Å². The van der Waals surface area contributed by atoms with Gasteiger partial charge in [-0.25, -0.2) is 0 Å². The van der Waals surface area contributed by atoms with Gasteiger partial charge in [-0.05, 0) is 18.3 Å². The maximum Gasteiger partial charge on any atom is 0.0462 e. The summed E-state index contributed by atoms with van der Waals surface area (Å²) in [5.74, 6) is 0. The fourth-order valence-corrected chi connectivity index (χ4v) is 0.881. The van der Waals surface area contributed by atoms with Crippen molar-refractivity contribution >= 4 is 0 Å². The Labute approximate surface area is 70.1 Å². The Morgan fingerprint density at radius 3 is 2.27 bits per heavy atom. The van der Waals surface area contributed by atoms with Crippen molar-refractivity contribution < 1.29 is 4.74 Å². The van der Waals surface area contributed by atoms with Crippen LogP contribution in [0.2, 0.25) is 0 Å². The third kappa shape index (κ3) is 5.22. The van der Waals surface area contributed by atoms with Crippen LogP contribution < -0.4 is 5.73 Å². The minimum Gasteiger partial charge on any atom is -0.385 e. The second-order valence-corrected chi connectivity index (χ2v) is 4.11. The van der Waals surface area contributed by atoms with E-state index in [-0.39, 0.29) is 11.5 Å². The first-order valence-corrected chi connectivity index (χ1v) is 4.23. The number of hydrogen-bond donors (Lipinski definition) is 1. The van der Waals surface area contributed by atoms with E-state index in [1.54, 1.807) is 7.11 Å². The summed E-state index contributed by atoms with van der Waals surface area (Å²) in [6, 6.07) is 0.289. The van der Waals surface area contributed by atoms with Crippen LogP contribution >= 0.6 is 0 Å². The van der Waals surface area contributed by atoms with Crippen LogP contribution in [0.3, 0.4) is 0 Å². The average Bonchev–Trinajstić information content (AvgIpc) is 1.86. The summed E-state index contributed by atoms with van der Waals surface area (Å²) in [7, 11) is 1.72. The van der Waals surface area contributed by atoms with Crippen LogP contribution in [0.15, 0.2) is 0 Å². The van der Waals surface area contributed by atoms with E-state index in [2.05, 4.69) is 20.8 Å². The summed E-state index contributed by atoms with van der Waals surface area (Å²) in [5, 5.41) is 0. The van der Waals surface area contributed by atoms with Gasteiger partial charge in [0.2, 0.25) is 0 Å².